The van der Waals surface area contributed by atoms with E-state index in [1.807, 2.05) is 13.8 Å². The van der Waals surface area contributed by atoms with E-state index in [2.05, 4.69) is 10.00 Å². The Morgan fingerprint density at radius 3 is 2.95 bits per heavy atom. The molecule has 2 heterocycles. The molecular formula is C13H21ClN4O. The molecule has 0 radical (unpaired) electrons. The first-order valence-electron chi connectivity index (χ1n) is 6.84. The molecule has 0 aliphatic carbocycles. The molecule has 2 rings (SSSR count). The molecule has 0 spiro atoms. The number of halogens is 1. The third-order valence-corrected chi connectivity index (χ3v) is 4.09. The third kappa shape index (κ3) is 2.77. The summed E-state index contributed by atoms with van der Waals surface area (Å²) in [5.74, 6) is 0. The Morgan fingerprint density at radius 1 is 1.58 bits per heavy atom. The highest BCUT2D eigenvalue weighted by Crippen LogP contribution is 2.29. The second kappa shape index (κ2) is 5.92. The standard InChI is InChI=1S/C13H21ClN4O/c1-3-18-13(19)12(14)11(8-16-18)17-7-5-4-6-10(17)9(2)15/h8-10H,3-7,15H2,1-2H3. The number of aromatic nitrogens is 2. The molecule has 1 saturated heterocycles. The minimum atomic E-state index is -0.226. The molecule has 1 aliphatic heterocycles. The average molecular weight is 285 g/mol. The van der Waals surface area contributed by atoms with Gasteiger partial charge in [0.2, 0.25) is 0 Å². The zero-order chi connectivity index (χ0) is 14.0. The van der Waals surface area contributed by atoms with Crippen LogP contribution in [-0.2, 0) is 6.54 Å². The molecule has 106 valence electrons. The van der Waals surface area contributed by atoms with Crippen LogP contribution in [-0.4, -0.2) is 28.4 Å². The molecule has 0 saturated carbocycles. The van der Waals surface area contributed by atoms with Gasteiger partial charge in [-0.05, 0) is 33.1 Å². The molecule has 2 unspecified atom stereocenters. The predicted molar refractivity (Wildman–Crippen MR) is 77.8 cm³/mol. The SMILES string of the molecule is CCn1ncc(N2CCCCC2C(C)N)c(Cl)c1=O. The van der Waals surface area contributed by atoms with E-state index in [-0.39, 0.29) is 22.7 Å². The van der Waals surface area contributed by atoms with Crippen molar-refractivity contribution in [2.45, 2.75) is 51.7 Å². The Hall–Kier alpha value is -1.07. The molecule has 2 N–H and O–H groups in total. The normalized spacial score (nSPS) is 21.5. The molecule has 6 heteroatoms. The fraction of sp³-hybridized carbons (Fsp3) is 0.692. The maximum absolute atomic E-state index is 12.1. The van der Waals surface area contributed by atoms with Crippen LogP contribution in [0.4, 0.5) is 5.69 Å². The highest BCUT2D eigenvalue weighted by molar-refractivity contribution is 6.33. The first-order chi connectivity index (χ1) is 9.06. The maximum Gasteiger partial charge on any atom is 0.287 e. The zero-order valence-electron chi connectivity index (χ0n) is 11.5. The summed E-state index contributed by atoms with van der Waals surface area (Å²) in [4.78, 5) is 14.2. The summed E-state index contributed by atoms with van der Waals surface area (Å²) >= 11 is 6.22. The van der Waals surface area contributed by atoms with Crippen molar-refractivity contribution in [1.29, 1.82) is 0 Å². The minimum Gasteiger partial charge on any atom is -0.364 e. The van der Waals surface area contributed by atoms with Gasteiger partial charge in [0.05, 0.1) is 11.9 Å². The Balaban J connectivity index is 2.40. The van der Waals surface area contributed by atoms with E-state index in [1.165, 1.54) is 11.1 Å². The van der Waals surface area contributed by atoms with Crippen molar-refractivity contribution in [3.8, 4) is 0 Å². The summed E-state index contributed by atoms with van der Waals surface area (Å²) in [5.41, 5.74) is 6.55. The molecule has 0 aromatic carbocycles. The lowest BCUT2D eigenvalue weighted by Gasteiger charge is -2.39. The summed E-state index contributed by atoms with van der Waals surface area (Å²) in [7, 11) is 0. The van der Waals surface area contributed by atoms with Crippen molar-refractivity contribution < 1.29 is 0 Å². The molecule has 2 atom stereocenters. The summed E-state index contributed by atoms with van der Waals surface area (Å²) < 4.78 is 1.37. The van der Waals surface area contributed by atoms with E-state index >= 15 is 0 Å². The molecular weight excluding hydrogens is 264 g/mol. The second-order valence-electron chi connectivity index (χ2n) is 5.08. The van der Waals surface area contributed by atoms with Gasteiger partial charge in [0, 0.05) is 25.2 Å². The summed E-state index contributed by atoms with van der Waals surface area (Å²) in [6, 6.07) is 0.273. The van der Waals surface area contributed by atoms with Crippen LogP contribution in [0.3, 0.4) is 0 Å². The summed E-state index contributed by atoms with van der Waals surface area (Å²) in [6.07, 6.45) is 4.98. The number of piperidine rings is 1. The minimum absolute atomic E-state index is 0.0463. The molecule has 0 bridgehead atoms. The van der Waals surface area contributed by atoms with Crippen LogP contribution in [0.2, 0.25) is 5.02 Å². The predicted octanol–water partition coefficient (Wildman–Crippen LogP) is 1.62. The van der Waals surface area contributed by atoms with Crippen molar-refractivity contribution in [2.75, 3.05) is 11.4 Å². The van der Waals surface area contributed by atoms with Gasteiger partial charge in [0.15, 0.2) is 0 Å². The van der Waals surface area contributed by atoms with Gasteiger partial charge in [0.25, 0.3) is 5.56 Å². The molecule has 19 heavy (non-hydrogen) atoms. The number of hydrogen-bond acceptors (Lipinski definition) is 4. The van der Waals surface area contributed by atoms with E-state index < -0.39 is 0 Å². The van der Waals surface area contributed by atoms with Crippen molar-refractivity contribution in [2.24, 2.45) is 5.73 Å². The molecule has 1 aromatic heterocycles. The smallest absolute Gasteiger partial charge is 0.287 e. The number of rotatable bonds is 3. The van der Waals surface area contributed by atoms with Gasteiger partial charge >= 0.3 is 0 Å². The van der Waals surface area contributed by atoms with Crippen molar-refractivity contribution >= 4 is 17.3 Å². The molecule has 1 fully saturated rings. The Morgan fingerprint density at radius 2 is 2.32 bits per heavy atom. The molecule has 1 aliphatic rings. The molecule has 5 nitrogen and oxygen atoms in total. The van der Waals surface area contributed by atoms with Crippen LogP contribution in [0.5, 0.6) is 0 Å². The Bertz CT molecular complexity index is 500. The third-order valence-electron chi connectivity index (χ3n) is 3.73. The van der Waals surface area contributed by atoms with E-state index in [0.717, 1.165) is 25.1 Å². The lowest BCUT2D eigenvalue weighted by molar-refractivity contribution is 0.412. The van der Waals surface area contributed by atoms with E-state index in [0.29, 0.717) is 6.54 Å². The van der Waals surface area contributed by atoms with Crippen LogP contribution >= 0.6 is 11.6 Å². The summed E-state index contributed by atoms with van der Waals surface area (Å²) in [5, 5.41) is 4.42. The number of aryl methyl sites for hydroxylation is 1. The van der Waals surface area contributed by atoms with Gasteiger partial charge in [0.1, 0.15) is 5.02 Å². The van der Waals surface area contributed by atoms with Crippen LogP contribution in [0.25, 0.3) is 0 Å². The van der Waals surface area contributed by atoms with Gasteiger partial charge in [-0.2, -0.15) is 5.10 Å². The fourth-order valence-electron chi connectivity index (χ4n) is 2.68. The lowest BCUT2D eigenvalue weighted by Crippen LogP contribution is -2.50. The van der Waals surface area contributed by atoms with Gasteiger partial charge in [-0.1, -0.05) is 11.6 Å². The van der Waals surface area contributed by atoms with E-state index in [9.17, 15) is 4.79 Å². The van der Waals surface area contributed by atoms with Crippen molar-refractivity contribution in [1.82, 2.24) is 9.78 Å². The van der Waals surface area contributed by atoms with E-state index in [4.69, 9.17) is 17.3 Å². The van der Waals surface area contributed by atoms with Crippen LogP contribution in [0.15, 0.2) is 11.0 Å². The zero-order valence-corrected chi connectivity index (χ0v) is 12.2. The first-order valence-corrected chi connectivity index (χ1v) is 7.22. The topological polar surface area (TPSA) is 64.2 Å². The highest BCUT2D eigenvalue weighted by atomic mass is 35.5. The van der Waals surface area contributed by atoms with Gasteiger partial charge < -0.3 is 10.6 Å². The maximum atomic E-state index is 12.1. The number of nitrogens with two attached hydrogens (primary N) is 1. The lowest BCUT2D eigenvalue weighted by atomic mass is 9.96. The quantitative estimate of drug-likeness (QED) is 0.916. The molecule has 0 amide bonds. The molecule has 1 aromatic rings. The van der Waals surface area contributed by atoms with Gasteiger partial charge in [-0.15, -0.1) is 0 Å². The van der Waals surface area contributed by atoms with E-state index in [1.54, 1.807) is 6.20 Å². The van der Waals surface area contributed by atoms with Crippen LogP contribution < -0.4 is 16.2 Å². The van der Waals surface area contributed by atoms with Crippen molar-refractivity contribution in [3.63, 3.8) is 0 Å². The second-order valence-corrected chi connectivity index (χ2v) is 5.46. The number of nitrogens with zero attached hydrogens (tertiary/aromatic N) is 3. The van der Waals surface area contributed by atoms with Gasteiger partial charge in [-0.25, -0.2) is 4.68 Å². The van der Waals surface area contributed by atoms with Crippen molar-refractivity contribution in [3.05, 3.63) is 21.6 Å². The monoisotopic (exact) mass is 284 g/mol. The summed E-state index contributed by atoms with van der Waals surface area (Å²) in [6.45, 7) is 5.27. The highest BCUT2D eigenvalue weighted by Gasteiger charge is 2.28. The largest absolute Gasteiger partial charge is 0.364 e. The van der Waals surface area contributed by atoms with Gasteiger partial charge in [-0.3, -0.25) is 4.79 Å². The number of anilines is 1. The average Bonchev–Trinajstić information content (AvgIpc) is 2.42. The first kappa shape index (κ1) is 14.3. The fourth-order valence-corrected chi connectivity index (χ4v) is 2.94. The van der Waals surface area contributed by atoms with Crippen LogP contribution in [0, 0.1) is 0 Å². The number of hydrogen-bond donors (Lipinski definition) is 1. The Kier molecular flexibility index (Phi) is 4.47. The van der Waals surface area contributed by atoms with Crippen LogP contribution in [0.1, 0.15) is 33.1 Å². The Labute approximate surface area is 118 Å².